The van der Waals surface area contributed by atoms with Gasteiger partial charge in [0.05, 0.1) is 0 Å². The Morgan fingerprint density at radius 3 is 2.74 bits per heavy atom. The van der Waals surface area contributed by atoms with Gasteiger partial charge < -0.3 is 14.5 Å². The van der Waals surface area contributed by atoms with Gasteiger partial charge in [-0.1, -0.05) is 18.2 Å². The van der Waals surface area contributed by atoms with Crippen LogP contribution in [-0.2, 0) is 4.79 Å². The molecule has 0 aliphatic carbocycles. The third kappa shape index (κ3) is 3.79. The van der Waals surface area contributed by atoms with Crippen molar-refractivity contribution < 1.29 is 13.9 Å². The van der Waals surface area contributed by atoms with Crippen LogP contribution in [0.25, 0.3) is 22.6 Å². The Labute approximate surface area is 155 Å². The summed E-state index contributed by atoms with van der Waals surface area (Å²) in [6.45, 7) is 1.87. The molecule has 2 heterocycles. The first-order valence-electron chi connectivity index (χ1n) is 8.48. The molecule has 0 spiro atoms. The lowest BCUT2D eigenvalue weighted by Gasteiger charge is -2.09. The number of para-hydroxylation sites is 1. The first kappa shape index (κ1) is 16.8. The highest BCUT2D eigenvalue weighted by atomic mass is 16.5. The fourth-order valence-corrected chi connectivity index (χ4v) is 2.68. The van der Waals surface area contributed by atoms with Gasteiger partial charge in [-0.25, -0.2) is 4.98 Å². The summed E-state index contributed by atoms with van der Waals surface area (Å²) in [6.07, 6.45) is 3.37. The highest BCUT2D eigenvalue weighted by Gasteiger charge is 2.10. The summed E-state index contributed by atoms with van der Waals surface area (Å²) >= 11 is 0. The maximum absolute atomic E-state index is 12.2. The standard InChI is InChI=1S/C21H17N3O3/c1-14-4-2-3-5-18(14)26-13-20(25)23-16-6-7-19-17(12-16)24-21(27-19)15-8-10-22-11-9-15/h2-12H,13H2,1H3,(H,23,25). The number of aryl methyl sites for hydroxylation is 1. The number of nitrogens with one attached hydrogen (secondary N) is 1. The highest BCUT2D eigenvalue weighted by molar-refractivity contribution is 5.94. The number of hydrogen-bond donors (Lipinski definition) is 1. The van der Waals surface area contributed by atoms with Crippen LogP contribution in [0, 0.1) is 6.92 Å². The smallest absolute Gasteiger partial charge is 0.262 e. The predicted molar refractivity (Wildman–Crippen MR) is 103 cm³/mol. The monoisotopic (exact) mass is 359 g/mol. The van der Waals surface area contributed by atoms with Crippen molar-refractivity contribution in [3.63, 3.8) is 0 Å². The summed E-state index contributed by atoms with van der Waals surface area (Å²) in [7, 11) is 0. The van der Waals surface area contributed by atoms with Crippen LogP contribution in [0.15, 0.2) is 71.4 Å². The molecule has 0 aliphatic rings. The molecule has 0 aliphatic heterocycles. The van der Waals surface area contributed by atoms with Crippen molar-refractivity contribution in [3.05, 3.63) is 72.6 Å². The minimum Gasteiger partial charge on any atom is -0.483 e. The van der Waals surface area contributed by atoms with Gasteiger partial charge in [-0.2, -0.15) is 0 Å². The molecular formula is C21H17N3O3. The SMILES string of the molecule is Cc1ccccc1OCC(=O)Nc1ccc2oc(-c3ccncc3)nc2c1. The number of aromatic nitrogens is 2. The number of rotatable bonds is 5. The number of oxazole rings is 1. The van der Waals surface area contributed by atoms with Crippen molar-refractivity contribution in [2.24, 2.45) is 0 Å². The van der Waals surface area contributed by atoms with Crippen LogP contribution in [-0.4, -0.2) is 22.5 Å². The predicted octanol–water partition coefficient (Wildman–Crippen LogP) is 4.22. The van der Waals surface area contributed by atoms with Gasteiger partial charge in [-0.15, -0.1) is 0 Å². The molecule has 1 amide bonds. The molecule has 0 unspecified atom stereocenters. The van der Waals surface area contributed by atoms with Gasteiger partial charge in [0.15, 0.2) is 12.2 Å². The normalized spacial score (nSPS) is 10.7. The van der Waals surface area contributed by atoms with Crippen LogP contribution >= 0.6 is 0 Å². The number of fused-ring (bicyclic) bond motifs is 1. The molecule has 6 nitrogen and oxygen atoms in total. The number of ether oxygens (including phenoxy) is 1. The second-order valence-electron chi connectivity index (χ2n) is 6.04. The maximum atomic E-state index is 12.2. The zero-order valence-corrected chi connectivity index (χ0v) is 14.7. The van der Waals surface area contributed by atoms with Crippen molar-refractivity contribution in [1.82, 2.24) is 9.97 Å². The minimum absolute atomic E-state index is 0.0655. The Kier molecular flexibility index (Phi) is 4.53. The molecule has 0 fully saturated rings. The molecule has 1 N–H and O–H groups in total. The summed E-state index contributed by atoms with van der Waals surface area (Å²) in [4.78, 5) is 20.6. The topological polar surface area (TPSA) is 77.2 Å². The van der Waals surface area contributed by atoms with Crippen LogP contribution in [0.2, 0.25) is 0 Å². The van der Waals surface area contributed by atoms with Crippen LogP contribution in [0.5, 0.6) is 5.75 Å². The Balaban J connectivity index is 1.46. The zero-order valence-electron chi connectivity index (χ0n) is 14.7. The van der Waals surface area contributed by atoms with Gasteiger partial charge in [0.1, 0.15) is 11.3 Å². The summed E-state index contributed by atoms with van der Waals surface area (Å²) in [6, 6.07) is 16.6. The minimum atomic E-state index is -0.240. The lowest BCUT2D eigenvalue weighted by molar-refractivity contribution is -0.118. The molecule has 2 aromatic carbocycles. The summed E-state index contributed by atoms with van der Waals surface area (Å²) < 4.78 is 11.3. The lowest BCUT2D eigenvalue weighted by atomic mass is 10.2. The highest BCUT2D eigenvalue weighted by Crippen LogP contribution is 2.25. The Morgan fingerprint density at radius 2 is 1.93 bits per heavy atom. The molecule has 0 bridgehead atoms. The van der Waals surface area contributed by atoms with Crippen molar-refractivity contribution in [2.75, 3.05) is 11.9 Å². The van der Waals surface area contributed by atoms with E-state index in [1.165, 1.54) is 0 Å². The van der Waals surface area contributed by atoms with E-state index in [1.54, 1.807) is 30.6 Å². The molecule has 4 rings (SSSR count). The molecule has 0 saturated heterocycles. The molecule has 0 radical (unpaired) electrons. The van der Waals surface area contributed by atoms with Crippen molar-refractivity contribution >= 4 is 22.7 Å². The van der Waals surface area contributed by atoms with Crippen LogP contribution in [0.1, 0.15) is 5.56 Å². The van der Waals surface area contributed by atoms with Crippen molar-refractivity contribution in [1.29, 1.82) is 0 Å². The average molecular weight is 359 g/mol. The molecule has 0 atom stereocenters. The molecule has 4 aromatic rings. The Morgan fingerprint density at radius 1 is 1.11 bits per heavy atom. The molecule has 6 heteroatoms. The fourth-order valence-electron chi connectivity index (χ4n) is 2.68. The number of amides is 1. The Bertz CT molecular complexity index is 1090. The van der Waals surface area contributed by atoms with E-state index in [2.05, 4.69) is 15.3 Å². The van der Waals surface area contributed by atoms with E-state index in [0.717, 1.165) is 11.1 Å². The number of benzene rings is 2. The van der Waals surface area contributed by atoms with Gasteiger partial charge >= 0.3 is 0 Å². The number of anilines is 1. The quantitative estimate of drug-likeness (QED) is 0.577. The number of nitrogens with zero attached hydrogens (tertiary/aromatic N) is 2. The Hall–Kier alpha value is -3.67. The van der Waals surface area contributed by atoms with E-state index in [1.807, 2.05) is 43.3 Å². The summed E-state index contributed by atoms with van der Waals surface area (Å²) in [5.74, 6) is 0.968. The third-order valence-corrected chi connectivity index (χ3v) is 4.05. The molecule has 27 heavy (non-hydrogen) atoms. The molecule has 2 aromatic heterocycles. The number of hydrogen-bond acceptors (Lipinski definition) is 5. The van der Waals surface area contributed by atoms with Gasteiger partial charge in [0.25, 0.3) is 5.91 Å². The van der Waals surface area contributed by atoms with Crippen LogP contribution < -0.4 is 10.1 Å². The van der Waals surface area contributed by atoms with E-state index < -0.39 is 0 Å². The first-order valence-corrected chi connectivity index (χ1v) is 8.48. The lowest BCUT2D eigenvalue weighted by Crippen LogP contribution is -2.20. The second-order valence-corrected chi connectivity index (χ2v) is 6.04. The third-order valence-electron chi connectivity index (χ3n) is 4.05. The zero-order chi connectivity index (χ0) is 18.6. The maximum Gasteiger partial charge on any atom is 0.262 e. The van der Waals surface area contributed by atoms with E-state index in [-0.39, 0.29) is 12.5 Å². The largest absolute Gasteiger partial charge is 0.483 e. The van der Waals surface area contributed by atoms with Gasteiger partial charge in [0, 0.05) is 23.6 Å². The number of carbonyl (C=O) groups excluding carboxylic acids is 1. The second kappa shape index (κ2) is 7.29. The van der Waals surface area contributed by atoms with Gasteiger partial charge in [0.2, 0.25) is 5.89 Å². The van der Waals surface area contributed by atoms with E-state index in [9.17, 15) is 4.79 Å². The summed E-state index contributed by atoms with van der Waals surface area (Å²) in [5, 5.41) is 2.82. The van der Waals surface area contributed by atoms with Crippen molar-refractivity contribution in [3.8, 4) is 17.2 Å². The first-order chi connectivity index (χ1) is 13.2. The average Bonchev–Trinajstić information content (AvgIpc) is 3.11. The van der Waals surface area contributed by atoms with Gasteiger partial charge in [-0.05, 0) is 48.9 Å². The number of carbonyl (C=O) groups is 1. The van der Waals surface area contributed by atoms with Crippen LogP contribution in [0.4, 0.5) is 5.69 Å². The molecule has 134 valence electrons. The molecule has 0 saturated carbocycles. The van der Waals surface area contributed by atoms with E-state index in [0.29, 0.717) is 28.4 Å². The fraction of sp³-hybridized carbons (Fsp3) is 0.0952. The van der Waals surface area contributed by atoms with Gasteiger partial charge in [-0.3, -0.25) is 9.78 Å². The van der Waals surface area contributed by atoms with Crippen LogP contribution in [0.3, 0.4) is 0 Å². The number of pyridine rings is 1. The molecular weight excluding hydrogens is 342 g/mol. The summed E-state index contributed by atoms with van der Waals surface area (Å²) in [5.41, 5.74) is 3.78. The van der Waals surface area contributed by atoms with E-state index >= 15 is 0 Å². The van der Waals surface area contributed by atoms with E-state index in [4.69, 9.17) is 9.15 Å². The van der Waals surface area contributed by atoms with Crippen molar-refractivity contribution in [2.45, 2.75) is 6.92 Å².